The Morgan fingerprint density at radius 1 is 0.543 bits per heavy atom. The van der Waals surface area contributed by atoms with Gasteiger partial charge in [-0.05, 0) is 29.8 Å². The Balaban J connectivity index is 1.27. The zero-order chi connectivity index (χ0) is 30.8. The third-order valence-electron chi connectivity index (χ3n) is 9.10. The van der Waals surface area contributed by atoms with Crippen molar-refractivity contribution in [1.82, 2.24) is 29.5 Å². The lowest BCUT2D eigenvalue weighted by Crippen LogP contribution is -2.16. The summed E-state index contributed by atoms with van der Waals surface area (Å²) in [6.45, 7) is 4.48. The molecule has 9 rings (SSSR count). The van der Waals surface area contributed by atoms with Gasteiger partial charge >= 0.3 is 0 Å². The van der Waals surface area contributed by atoms with Crippen molar-refractivity contribution < 1.29 is 0 Å². The molecule has 5 aromatic carbocycles. The highest BCUT2D eigenvalue weighted by molar-refractivity contribution is 6.17. The zero-order valence-electron chi connectivity index (χ0n) is 25.4. The summed E-state index contributed by atoms with van der Waals surface area (Å²) in [6, 6.07) is 41.8. The van der Waals surface area contributed by atoms with Gasteiger partial charge in [0.2, 0.25) is 0 Å². The monoisotopic (exact) mass is 592 g/mol. The number of benzene rings is 5. The molecular weight excluding hydrogens is 564 g/mol. The van der Waals surface area contributed by atoms with Gasteiger partial charge in [0, 0.05) is 56.5 Å². The lowest BCUT2D eigenvalue weighted by molar-refractivity contribution is 0.635. The summed E-state index contributed by atoms with van der Waals surface area (Å²) in [5.41, 5.74) is 10.3. The maximum atomic E-state index is 4.99. The average Bonchev–Trinajstić information content (AvgIpc) is 3.58. The lowest BCUT2D eigenvalue weighted by Gasteiger charge is -2.19. The largest absolute Gasteiger partial charge is 0.309 e. The predicted octanol–water partition coefficient (Wildman–Crippen LogP) is 9.07. The Labute approximate surface area is 266 Å². The molecule has 0 aliphatic heterocycles. The van der Waals surface area contributed by atoms with Crippen LogP contribution >= 0.6 is 0 Å². The molecule has 0 saturated heterocycles. The van der Waals surface area contributed by atoms with E-state index >= 15 is 0 Å². The molecule has 0 fully saturated rings. The molecule has 3 heterocycles. The summed E-state index contributed by atoms with van der Waals surface area (Å²) < 4.78 is 2.34. The van der Waals surface area contributed by atoms with Crippen LogP contribution < -0.4 is 0 Å². The van der Waals surface area contributed by atoms with Crippen molar-refractivity contribution in [2.24, 2.45) is 0 Å². The Kier molecular flexibility index (Phi) is 5.74. The second-order valence-electron chi connectivity index (χ2n) is 12.2. The van der Waals surface area contributed by atoms with Crippen LogP contribution in [0.2, 0.25) is 0 Å². The second-order valence-corrected chi connectivity index (χ2v) is 12.2. The molecule has 218 valence electrons. The van der Waals surface area contributed by atoms with E-state index in [1.165, 1.54) is 21.9 Å². The summed E-state index contributed by atoms with van der Waals surface area (Å²) in [5, 5.41) is 2.38. The predicted molar refractivity (Wildman–Crippen MR) is 184 cm³/mol. The average molecular weight is 593 g/mol. The van der Waals surface area contributed by atoms with Crippen LogP contribution in [0.25, 0.3) is 72.9 Å². The van der Waals surface area contributed by atoms with E-state index in [1.54, 1.807) is 12.4 Å². The second kappa shape index (κ2) is 10.0. The number of hydrogen-bond donors (Lipinski definition) is 0. The van der Waals surface area contributed by atoms with Gasteiger partial charge in [0.1, 0.15) is 0 Å². The van der Waals surface area contributed by atoms with Crippen molar-refractivity contribution in [3.05, 3.63) is 145 Å². The third kappa shape index (κ3) is 3.93. The highest BCUT2D eigenvalue weighted by Gasteiger charge is 2.39. The number of nitrogens with zero attached hydrogens (tertiary/aromatic N) is 6. The number of hydrogen-bond acceptors (Lipinski definition) is 5. The van der Waals surface area contributed by atoms with Gasteiger partial charge in [-0.3, -0.25) is 9.97 Å². The van der Waals surface area contributed by atoms with Crippen LogP contribution in [0.1, 0.15) is 25.1 Å². The summed E-state index contributed by atoms with van der Waals surface area (Å²) in [7, 11) is 0. The minimum atomic E-state index is -0.234. The van der Waals surface area contributed by atoms with Crippen LogP contribution in [0, 0.1) is 0 Å². The van der Waals surface area contributed by atoms with Crippen LogP contribution in [0.5, 0.6) is 0 Å². The molecule has 0 unspecified atom stereocenters. The highest BCUT2D eigenvalue weighted by Crippen LogP contribution is 2.51. The first-order chi connectivity index (χ1) is 22.6. The van der Waals surface area contributed by atoms with Gasteiger partial charge in [0.15, 0.2) is 17.5 Å². The van der Waals surface area contributed by atoms with Gasteiger partial charge in [-0.15, -0.1) is 0 Å². The SMILES string of the molecule is CC1(C)c2ccc3c(c2-c2nccnc21)c1ccccc1n3-c1cccc(-c2nc(-c3ccccc3)nc(-c3ccccc3)n2)c1. The maximum Gasteiger partial charge on any atom is 0.164 e. The molecule has 0 spiro atoms. The molecule has 46 heavy (non-hydrogen) atoms. The molecule has 0 amide bonds. The minimum absolute atomic E-state index is 0.234. The molecule has 8 aromatic rings. The minimum Gasteiger partial charge on any atom is -0.309 e. The number of rotatable bonds is 4. The molecule has 3 aromatic heterocycles. The fourth-order valence-corrected chi connectivity index (χ4v) is 6.93. The molecule has 6 nitrogen and oxygen atoms in total. The molecular formula is C40H28N6. The van der Waals surface area contributed by atoms with Crippen LogP contribution in [0.4, 0.5) is 0 Å². The van der Waals surface area contributed by atoms with Gasteiger partial charge in [-0.25, -0.2) is 15.0 Å². The van der Waals surface area contributed by atoms with Crippen molar-refractivity contribution in [3.8, 4) is 51.1 Å². The van der Waals surface area contributed by atoms with E-state index in [-0.39, 0.29) is 5.41 Å². The number of fused-ring (bicyclic) bond motifs is 7. The first kappa shape index (κ1) is 26.4. The van der Waals surface area contributed by atoms with Crippen molar-refractivity contribution in [1.29, 1.82) is 0 Å². The fourth-order valence-electron chi connectivity index (χ4n) is 6.93. The molecule has 0 N–H and O–H groups in total. The molecule has 0 bridgehead atoms. The van der Waals surface area contributed by atoms with Gasteiger partial charge in [-0.1, -0.05) is 111 Å². The van der Waals surface area contributed by atoms with Crippen LogP contribution in [-0.4, -0.2) is 29.5 Å². The van der Waals surface area contributed by atoms with Crippen molar-refractivity contribution in [2.75, 3.05) is 0 Å². The Morgan fingerprint density at radius 3 is 1.87 bits per heavy atom. The molecule has 0 atom stereocenters. The van der Waals surface area contributed by atoms with Crippen molar-refractivity contribution in [3.63, 3.8) is 0 Å². The Hall–Kier alpha value is -6.01. The highest BCUT2D eigenvalue weighted by atomic mass is 15.0. The Morgan fingerprint density at radius 2 is 1.15 bits per heavy atom. The standard InChI is InChI=1S/C40H28N6/c1-40(2)30-20-21-32-33(34(30)35-36(40)42-23-22-41-35)29-18-9-10-19-31(29)46(32)28-17-11-16-27(24-28)39-44-37(25-12-5-3-6-13-25)43-38(45-39)26-14-7-4-8-15-26/h3-24H,1-2H3. The number of para-hydroxylation sites is 1. The topological polar surface area (TPSA) is 69.4 Å². The summed E-state index contributed by atoms with van der Waals surface area (Å²) in [4.78, 5) is 24.5. The molecule has 6 heteroatoms. The lowest BCUT2D eigenvalue weighted by atomic mass is 9.85. The third-order valence-corrected chi connectivity index (χ3v) is 9.10. The van der Waals surface area contributed by atoms with E-state index in [0.29, 0.717) is 17.5 Å². The van der Waals surface area contributed by atoms with Gasteiger partial charge in [-0.2, -0.15) is 0 Å². The van der Waals surface area contributed by atoms with Gasteiger partial charge in [0.25, 0.3) is 0 Å². The Bertz CT molecular complexity index is 2390. The number of aromatic nitrogens is 6. The summed E-state index contributed by atoms with van der Waals surface area (Å²) >= 11 is 0. The first-order valence-electron chi connectivity index (χ1n) is 15.4. The van der Waals surface area contributed by atoms with Gasteiger partial charge in [0.05, 0.1) is 22.4 Å². The maximum absolute atomic E-state index is 4.99. The van der Waals surface area contributed by atoms with E-state index in [4.69, 9.17) is 24.9 Å². The summed E-state index contributed by atoms with van der Waals surface area (Å²) in [6.07, 6.45) is 3.60. The van der Waals surface area contributed by atoms with E-state index < -0.39 is 0 Å². The van der Waals surface area contributed by atoms with Crippen molar-refractivity contribution in [2.45, 2.75) is 19.3 Å². The molecule has 0 radical (unpaired) electrons. The van der Waals surface area contributed by atoms with Crippen LogP contribution in [0.15, 0.2) is 134 Å². The van der Waals surface area contributed by atoms with Crippen LogP contribution in [-0.2, 0) is 5.41 Å². The first-order valence-corrected chi connectivity index (χ1v) is 15.4. The zero-order valence-corrected chi connectivity index (χ0v) is 25.4. The molecule has 0 saturated carbocycles. The smallest absolute Gasteiger partial charge is 0.164 e. The normalized spacial score (nSPS) is 13.2. The summed E-state index contributed by atoms with van der Waals surface area (Å²) in [5.74, 6) is 1.91. The van der Waals surface area contributed by atoms with Gasteiger partial charge < -0.3 is 4.57 Å². The van der Waals surface area contributed by atoms with Crippen LogP contribution in [0.3, 0.4) is 0 Å². The van der Waals surface area contributed by atoms with E-state index in [9.17, 15) is 0 Å². The molecule has 1 aliphatic rings. The molecule has 1 aliphatic carbocycles. The fraction of sp³-hybridized carbons (Fsp3) is 0.0750. The van der Waals surface area contributed by atoms with E-state index in [1.807, 2.05) is 60.7 Å². The van der Waals surface area contributed by atoms with Crippen molar-refractivity contribution >= 4 is 21.8 Å². The van der Waals surface area contributed by atoms with E-state index in [0.717, 1.165) is 44.8 Å². The van der Waals surface area contributed by atoms with E-state index in [2.05, 4.69) is 79.1 Å². The quantitative estimate of drug-likeness (QED) is 0.204.